The summed E-state index contributed by atoms with van der Waals surface area (Å²) >= 11 is 0. The molecule has 2 nitrogen and oxygen atoms in total. The van der Waals surface area contributed by atoms with Crippen LogP contribution < -0.4 is 11.1 Å². The largest absolute Gasteiger partial charge is 0.382 e. The Bertz CT molecular complexity index is 283. The number of hydrogen-bond acceptors (Lipinski definition) is 2. The average molecular weight is 200 g/mol. The fourth-order valence-electron chi connectivity index (χ4n) is 0.926. The molecule has 0 amide bonds. The van der Waals surface area contributed by atoms with E-state index in [-0.39, 0.29) is 18.9 Å². The molecule has 1 rings (SSSR count). The lowest BCUT2D eigenvalue weighted by molar-refractivity contribution is 0.217. The molecule has 0 aliphatic carbocycles. The molecule has 0 radical (unpaired) electrons. The van der Waals surface area contributed by atoms with Gasteiger partial charge < -0.3 is 11.1 Å². The minimum absolute atomic E-state index is 0.0405. The molecule has 0 spiro atoms. The van der Waals surface area contributed by atoms with E-state index >= 15 is 0 Å². The Hall–Kier alpha value is -1.16. The smallest absolute Gasteiger partial charge is 0.137 e. The lowest BCUT2D eigenvalue weighted by Crippen LogP contribution is -2.36. The first-order valence-corrected chi connectivity index (χ1v) is 4.42. The van der Waals surface area contributed by atoms with Gasteiger partial charge in [0.25, 0.3) is 0 Å². The van der Waals surface area contributed by atoms with Crippen LogP contribution in [0.4, 0.5) is 14.5 Å². The third-order valence-electron chi connectivity index (χ3n) is 1.93. The van der Waals surface area contributed by atoms with Crippen LogP contribution in [0.15, 0.2) is 24.3 Å². The minimum Gasteiger partial charge on any atom is -0.382 e. The van der Waals surface area contributed by atoms with Crippen molar-refractivity contribution < 1.29 is 8.78 Å². The first-order chi connectivity index (χ1) is 6.53. The number of rotatable bonds is 4. The summed E-state index contributed by atoms with van der Waals surface area (Å²) in [6.45, 7) is 1.50. The zero-order valence-electron chi connectivity index (χ0n) is 8.06. The van der Waals surface area contributed by atoms with Gasteiger partial charge in [-0.1, -0.05) is 0 Å². The van der Waals surface area contributed by atoms with E-state index in [1.807, 2.05) is 0 Å². The number of halogens is 2. The van der Waals surface area contributed by atoms with Crippen molar-refractivity contribution in [2.45, 2.75) is 12.6 Å². The molecule has 0 saturated carbocycles. The van der Waals surface area contributed by atoms with Gasteiger partial charge in [0.05, 0.1) is 0 Å². The van der Waals surface area contributed by atoms with Crippen LogP contribution in [0.2, 0.25) is 0 Å². The van der Waals surface area contributed by atoms with Crippen molar-refractivity contribution in [3.63, 3.8) is 0 Å². The number of nitrogens with one attached hydrogen (secondary N) is 1. The third kappa shape index (κ3) is 3.30. The van der Waals surface area contributed by atoms with Crippen molar-refractivity contribution in [2.24, 2.45) is 5.73 Å². The maximum Gasteiger partial charge on any atom is 0.137 e. The molecule has 0 heterocycles. The maximum absolute atomic E-state index is 13.3. The highest BCUT2D eigenvalue weighted by atomic mass is 19.1. The second-order valence-corrected chi connectivity index (χ2v) is 3.48. The third-order valence-corrected chi connectivity index (χ3v) is 1.93. The lowest BCUT2D eigenvalue weighted by atomic mass is 10.1. The van der Waals surface area contributed by atoms with Crippen molar-refractivity contribution in [2.75, 3.05) is 18.4 Å². The monoisotopic (exact) mass is 200 g/mol. The molecule has 1 aromatic carbocycles. The Morgan fingerprint density at radius 1 is 1.36 bits per heavy atom. The Balaban J connectivity index is 2.50. The second kappa shape index (κ2) is 4.37. The maximum atomic E-state index is 13.3. The number of alkyl halides is 1. The number of benzene rings is 1. The molecule has 0 aliphatic rings. The van der Waals surface area contributed by atoms with Crippen LogP contribution in [0.25, 0.3) is 0 Å². The Labute approximate surface area is 82.1 Å². The quantitative estimate of drug-likeness (QED) is 0.779. The van der Waals surface area contributed by atoms with E-state index in [4.69, 9.17) is 5.73 Å². The molecule has 1 unspecified atom stereocenters. The molecule has 3 N–H and O–H groups in total. The highest BCUT2D eigenvalue weighted by Crippen LogP contribution is 2.12. The van der Waals surface area contributed by atoms with Gasteiger partial charge in [-0.3, -0.25) is 0 Å². The van der Waals surface area contributed by atoms with Gasteiger partial charge in [0.15, 0.2) is 0 Å². The van der Waals surface area contributed by atoms with Gasteiger partial charge in [-0.2, -0.15) is 0 Å². The van der Waals surface area contributed by atoms with E-state index in [1.165, 1.54) is 19.1 Å². The van der Waals surface area contributed by atoms with E-state index in [1.54, 1.807) is 12.1 Å². The average Bonchev–Trinajstić information content (AvgIpc) is 2.17. The van der Waals surface area contributed by atoms with Crippen LogP contribution in [0.5, 0.6) is 0 Å². The van der Waals surface area contributed by atoms with Crippen LogP contribution in [0, 0.1) is 5.82 Å². The van der Waals surface area contributed by atoms with Crippen LogP contribution in [0.3, 0.4) is 0 Å². The van der Waals surface area contributed by atoms with Crippen LogP contribution in [-0.4, -0.2) is 18.8 Å². The van der Waals surface area contributed by atoms with E-state index in [0.29, 0.717) is 5.69 Å². The summed E-state index contributed by atoms with van der Waals surface area (Å²) in [5.41, 5.74) is 4.47. The summed E-state index contributed by atoms with van der Waals surface area (Å²) < 4.78 is 25.8. The van der Waals surface area contributed by atoms with Crippen molar-refractivity contribution in [3.05, 3.63) is 30.1 Å². The summed E-state index contributed by atoms with van der Waals surface area (Å²) in [4.78, 5) is 0. The molecule has 0 bridgehead atoms. The van der Waals surface area contributed by atoms with Crippen molar-refractivity contribution >= 4 is 5.69 Å². The number of anilines is 1. The molecule has 14 heavy (non-hydrogen) atoms. The van der Waals surface area contributed by atoms with Crippen molar-refractivity contribution in [1.29, 1.82) is 0 Å². The van der Waals surface area contributed by atoms with Crippen LogP contribution in [-0.2, 0) is 0 Å². The van der Waals surface area contributed by atoms with Crippen LogP contribution >= 0.6 is 0 Å². The predicted octanol–water partition coefficient (Wildman–Crippen LogP) is 1.92. The van der Waals surface area contributed by atoms with E-state index in [9.17, 15) is 8.78 Å². The van der Waals surface area contributed by atoms with Crippen molar-refractivity contribution in [3.8, 4) is 0 Å². The molecule has 1 aromatic rings. The van der Waals surface area contributed by atoms with Gasteiger partial charge in [0.2, 0.25) is 0 Å². The highest BCUT2D eigenvalue weighted by molar-refractivity contribution is 5.43. The Morgan fingerprint density at radius 2 is 1.93 bits per heavy atom. The molecule has 4 heteroatoms. The normalized spacial score (nSPS) is 14.9. The van der Waals surface area contributed by atoms with E-state index < -0.39 is 5.67 Å². The van der Waals surface area contributed by atoms with Gasteiger partial charge >= 0.3 is 0 Å². The molecule has 78 valence electrons. The van der Waals surface area contributed by atoms with Gasteiger partial charge in [-0.05, 0) is 31.2 Å². The standard InChI is InChI=1S/C10H14F2N2/c1-10(12,6-13)7-14-9-4-2-8(11)3-5-9/h2-5,14H,6-7,13H2,1H3. The summed E-state index contributed by atoms with van der Waals surface area (Å²) in [5, 5.41) is 2.84. The zero-order chi connectivity index (χ0) is 10.6. The lowest BCUT2D eigenvalue weighted by Gasteiger charge is -2.19. The summed E-state index contributed by atoms with van der Waals surface area (Å²) in [7, 11) is 0. The molecule has 0 saturated heterocycles. The number of nitrogens with two attached hydrogens (primary N) is 1. The fraction of sp³-hybridized carbons (Fsp3) is 0.400. The molecule has 1 atom stereocenters. The van der Waals surface area contributed by atoms with Gasteiger partial charge in [-0.15, -0.1) is 0 Å². The zero-order valence-corrected chi connectivity index (χ0v) is 8.06. The van der Waals surface area contributed by atoms with E-state index in [0.717, 1.165) is 0 Å². The Morgan fingerprint density at radius 3 is 2.43 bits per heavy atom. The number of hydrogen-bond donors (Lipinski definition) is 2. The molecule has 0 fully saturated rings. The summed E-state index contributed by atoms with van der Waals surface area (Å²) in [6.07, 6.45) is 0. The summed E-state index contributed by atoms with van der Waals surface area (Å²) in [5.74, 6) is -0.308. The molecule has 0 aromatic heterocycles. The first-order valence-electron chi connectivity index (χ1n) is 4.42. The topological polar surface area (TPSA) is 38.0 Å². The Kier molecular flexibility index (Phi) is 3.41. The van der Waals surface area contributed by atoms with Crippen LogP contribution in [0.1, 0.15) is 6.92 Å². The predicted molar refractivity (Wildman–Crippen MR) is 53.5 cm³/mol. The second-order valence-electron chi connectivity index (χ2n) is 3.48. The van der Waals surface area contributed by atoms with Crippen molar-refractivity contribution in [1.82, 2.24) is 0 Å². The summed E-state index contributed by atoms with van der Waals surface area (Å²) in [6, 6.07) is 5.75. The molecular weight excluding hydrogens is 186 g/mol. The van der Waals surface area contributed by atoms with Gasteiger partial charge in [0, 0.05) is 18.8 Å². The minimum atomic E-state index is -1.44. The highest BCUT2D eigenvalue weighted by Gasteiger charge is 2.20. The molecular formula is C10H14F2N2. The first kappa shape index (κ1) is 10.9. The van der Waals surface area contributed by atoms with Gasteiger partial charge in [0.1, 0.15) is 11.5 Å². The van der Waals surface area contributed by atoms with Gasteiger partial charge in [-0.25, -0.2) is 8.78 Å². The fourth-order valence-corrected chi connectivity index (χ4v) is 0.926. The SMILES string of the molecule is CC(F)(CN)CNc1ccc(F)cc1. The van der Waals surface area contributed by atoms with E-state index in [2.05, 4.69) is 5.32 Å². The molecule has 0 aliphatic heterocycles.